The molecule has 0 saturated carbocycles. The van der Waals surface area contributed by atoms with Gasteiger partial charge >= 0.3 is 17.9 Å². The van der Waals surface area contributed by atoms with Crippen LogP contribution in [0.5, 0.6) is 0 Å². The van der Waals surface area contributed by atoms with E-state index in [2.05, 4.69) is 69.4 Å². The molecular formula is C73H134O6. The van der Waals surface area contributed by atoms with Gasteiger partial charge in [-0.25, -0.2) is 0 Å². The van der Waals surface area contributed by atoms with E-state index in [1.54, 1.807) is 0 Å². The van der Waals surface area contributed by atoms with Crippen molar-refractivity contribution < 1.29 is 28.6 Å². The number of rotatable bonds is 65. The fraction of sp³-hybridized carbons (Fsp3) is 0.849. The third-order valence-electron chi connectivity index (χ3n) is 15.8. The predicted molar refractivity (Wildman–Crippen MR) is 344 cm³/mol. The number of carbonyl (C=O) groups is 3. The van der Waals surface area contributed by atoms with Crippen LogP contribution < -0.4 is 0 Å². The predicted octanol–water partition coefficient (Wildman–Crippen LogP) is 24.1. The molecule has 6 heteroatoms. The van der Waals surface area contributed by atoms with E-state index in [4.69, 9.17) is 14.2 Å². The molecule has 79 heavy (non-hydrogen) atoms. The molecular weight excluding hydrogens is 973 g/mol. The first-order chi connectivity index (χ1) is 39.0. The molecule has 6 nitrogen and oxygen atoms in total. The average Bonchev–Trinajstić information content (AvgIpc) is 3.45. The lowest BCUT2D eigenvalue weighted by molar-refractivity contribution is -0.167. The van der Waals surface area contributed by atoms with Crippen LogP contribution in [0.3, 0.4) is 0 Å². The minimum Gasteiger partial charge on any atom is -0.462 e. The molecule has 0 aliphatic rings. The fourth-order valence-corrected chi connectivity index (χ4v) is 10.5. The smallest absolute Gasteiger partial charge is 0.306 e. The zero-order valence-corrected chi connectivity index (χ0v) is 53.2. The Kier molecular flexibility index (Phi) is 65.6. The summed E-state index contributed by atoms with van der Waals surface area (Å²) in [5.74, 6) is -0.857. The summed E-state index contributed by atoms with van der Waals surface area (Å²) in [6.45, 7) is 6.68. The third-order valence-corrected chi connectivity index (χ3v) is 15.8. The van der Waals surface area contributed by atoms with E-state index in [0.717, 1.165) is 64.2 Å². The maximum absolute atomic E-state index is 13.0. The molecule has 0 aromatic rings. The summed E-state index contributed by atoms with van der Waals surface area (Å²) in [7, 11) is 0. The maximum atomic E-state index is 13.0. The van der Waals surface area contributed by atoms with E-state index in [1.165, 1.54) is 276 Å². The molecule has 1 unspecified atom stereocenters. The molecule has 0 bridgehead atoms. The van der Waals surface area contributed by atoms with Gasteiger partial charge in [-0.2, -0.15) is 0 Å². The molecule has 0 amide bonds. The summed E-state index contributed by atoms with van der Waals surface area (Å²) in [6.07, 6.45) is 85.5. The summed E-state index contributed by atoms with van der Waals surface area (Å²) in [5.41, 5.74) is 0. The lowest BCUT2D eigenvalue weighted by Gasteiger charge is -2.18. The SMILES string of the molecule is CCCCCCC/C=C\C/C=C\CCCCCCCCCCCCCC(=O)OCC(COC(=O)CCCCCCCCC/C=C\CCCCCCCC)OC(=O)CCCCCCCCCCC/C=C\CCCCCCCCCC. The van der Waals surface area contributed by atoms with Crippen molar-refractivity contribution in [3.8, 4) is 0 Å². The van der Waals surface area contributed by atoms with Gasteiger partial charge in [0, 0.05) is 19.3 Å². The Bertz CT molecular complexity index is 1360. The number of carbonyl (C=O) groups excluding carboxylic acids is 3. The molecule has 0 aromatic carbocycles. The first kappa shape index (κ1) is 76.4. The first-order valence-corrected chi connectivity index (χ1v) is 35.1. The average molecular weight is 1110 g/mol. The van der Waals surface area contributed by atoms with E-state index in [0.29, 0.717) is 19.3 Å². The van der Waals surface area contributed by atoms with Crippen LogP contribution >= 0.6 is 0 Å². The van der Waals surface area contributed by atoms with Crippen LogP contribution in [0, 0.1) is 0 Å². The second kappa shape index (κ2) is 67.9. The molecule has 0 rings (SSSR count). The largest absolute Gasteiger partial charge is 0.462 e. The molecule has 1 atom stereocenters. The molecule has 0 aliphatic carbocycles. The molecule has 0 saturated heterocycles. The van der Waals surface area contributed by atoms with Crippen molar-refractivity contribution in [2.45, 2.75) is 386 Å². The number of esters is 3. The van der Waals surface area contributed by atoms with Crippen LogP contribution in [-0.2, 0) is 28.6 Å². The van der Waals surface area contributed by atoms with Gasteiger partial charge in [-0.15, -0.1) is 0 Å². The topological polar surface area (TPSA) is 78.9 Å². The molecule has 462 valence electrons. The number of ether oxygens (including phenoxy) is 3. The van der Waals surface area contributed by atoms with Crippen molar-refractivity contribution in [2.75, 3.05) is 13.2 Å². The van der Waals surface area contributed by atoms with E-state index in [9.17, 15) is 14.4 Å². The number of unbranched alkanes of at least 4 members (excludes halogenated alkanes) is 46. The van der Waals surface area contributed by atoms with Crippen LogP contribution in [0.2, 0.25) is 0 Å². The molecule has 0 N–H and O–H groups in total. The number of hydrogen-bond acceptors (Lipinski definition) is 6. The van der Waals surface area contributed by atoms with E-state index >= 15 is 0 Å². The first-order valence-electron chi connectivity index (χ1n) is 35.1. The van der Waals surface area contributed by atoms with Crippen LogP contribution in [0.25, 0.3) is 0 Å². The quantitative estimate of drug-likeness (QED) is 0.0261. The van der Waals surface area contributed by atoms with Crippen molar-refractivity contribution in [3.63, 3.8) is 0 Å². The molecule has 0 aliphatic heterocycles. The van der Waals surface area contributed by atoms with Gasteiger partial charge in [0.25, 0.3) is 0 Å². The summed E-state index contributed by atoms with van der Waals surface area (Å²) < 4.78 is 17.0. The van der Waals surface area contributed by atoms with Crippen LogP contribution in [0.4, 0.5) is 0 Å². The lowest BCUT2D eigenvalue weighted by atomic mass is 10.0. The van der Waals surface area contributed by atoms with Gasteiger partial charge in [0.05, 0.1) is 0 Å². The fourth-order valence-electron chi connectivity index (χ4n) is 10.5. The molecule has 0 radical (unpaired) electrons. The van der Waals surface area contributed by atoms with Gasteiger partial charge in [-0.3, -0.25) is 14.4 Å². The molecule has 0 spiro atoms. The van der Waals surface area contributed by atoms with Gasteiger partial charge in [-0.1, -0.05) is 307 Å². The lowest BCUT2D eigenvalue weighted by Crippen LogP contribution is -2.30. The number of hydrogen-bond donors (Lipinski definition) is 0. The van der Waals surface area contributed by atoms with Crippen LogP contribution in [0.1, 0.15) is 380 Å². The Labute approximate surface area is 492 Å². The summed E-state index contributed by atoms with van der Waals surface area (Å²) >= 11 is 0. The highest BCUT2D eigenvalue weighted by Gasteiger charge is 2.19. The van der Waals surface area contributed by atoms with E-state index in [1.807, 2.05) is 0 Å². The van der Waals surface area contributed by atoms with E-state index in [-0.39, 0.29) is 31.1 Å². The Morgan fingerprint density at radius 2 is 0.456 bits per heavy atom. The van der Waals surface area contributed by atoms with Gasteiger partial charge in [0.15, 0.2) is 6.10 Å². The highest BCUT2D eigenvalue weighted by Crippen LogP contribution is 2.17. The minimum absolute atomic E-state index is 0.0734. The third kappa shape index (κ3) is 66.1. The highest BCUT2D eigenvalue weighted by atomic mass is 16.6. The monoisotopic (exact) mass is 1110 g/mol. The van der Waals surface area contributed by atoms with Gasteiger partial charge in [-0.05, 0) is 103 Å². The second-order valence-electron chi connectivity index (χ2n) is 23.8. The summed E-state index contributed by atoms with van der Waals surface area (Å²) in [4.78, 5) is 38.5. The standard InChI is InChI=1S/C73H134O6/c1-4-7-10-13-16-19-22-25-28-31-33-35-36-38-39-42-45-48-51-54-57-60-63-66-72(75)78-69-70(68-77-71(74)65-62-59-56-53-50-47-44-41-30-27-24-21-18-15-12-9-6-3)79-73(76)67-64-61-58-55-52-49-46-43-40-37-34-32-29-26-23-20-17-14-11-8-5-2/h22,25,27,30-34,70H,4-21,23-24,26,28-29,35-69H2,1-3H3/b25-22-,30-27-,33-31-,34-32-. The Morgan fingerprint density at radius 3 is 0.709 bits per heavy atom. The highest BCUT2D eigenvalue weighted by molar-refractivity contribution is 5.71. The van der Waals surface area contributed by atoms with Crippen molar-refractivity contribution in [1.29, 1.82) is 0 Å². The number of allylic oxidation sites excluding steroid dienone is 8. The zero-order valence-electron chi connectivity index (χ0n) is 53.2. The zero-order chi connectivity index (χ0) is 57.1. The van der Waals surface area contributed by atoms with E-state index < -0.39 is 6.10 Å². The Morgan fingerprint density at radius 1 is 0.253 bits per heavy atom. The van der Waals surface area contributed by atoms with Gasteiger partial charge in [0.1, 0.15) is 13.2 Å². The summed E-state index contributed by atoms with van der Waals surface area (Å²) in [5, 5.41) is 0. The van der Waals surface area contributed by atoms with Crippen LogP contribution in [0.15, 0.2) is 48.6 Å². The minimum atomic E-state index is -0.778. The van der Waals surface area contributed by atoms with Crippen molar-refractivity contribution in [2.24, 2.45) is 0 Å². The maximum Gasteiger partial charge on any atom is 0.306 e. The molecule has 0 aromatic heterocycles. The van der Waals surface area contributed by atoms with Crippen molar-refractivity contribution >= 4 is 17.9 Å². The van der Waals surface area contributed by atoms with Crippen LogP contribution in [-0.4, -0.2) is 37.2 Å². The normalized spacial score (nSPS) is 12.3. The summed E-state index contributed by atoms with van der Waals surface area (Å²) in [6, 6.07) is 0. The van der Waals surface area contributed by atoms with Crippen molar-refractivity contribution in [3.05, 3.63) is 48.6 Å². The van der Waals surface area contributed by atoms with Gasteiger partial charge < -0.3 is 14.2 Å². The Balaban J connectivity index is 4.33. The second-order valence-corrected chi connectivity index (χ2v) is 23.8. The molecule has 0 fully saturated rings. The molecule has 0 heterocycles. The Hall–Kier alpha value is -2.63. The van der Waals surface area contributed by atoms with Crippen molar-refractivity contribution in [1.82, 2.24) is 0 Å². The van der Waals surface area contributed by atoms with Gasteiger partial charge in [0.2, 0.25) is 0 Å².